The Balaban J connectivity index is 2.25. The topological polar surface area (TPSA) is 88.5 Å². The van der Waals surface area contributed by atoms with Gasteiger partial charge in [0, 0.05) is 18.2 Å². The highest BCUT2D eigenvalue weighted by Gasteiger charge is 2.18. The zero-order chi connectivity index (χ0) is 15.4. The largest absolute Gasteiger partial charge is 0.479 e. The quantitative estimate of drug-likeness (QED) is 0.867. The highest BCUT2D eigenvalue weighted by atomic mass is 16.5. The highest BCUT2D eigenvalue weighted by Crippen LogP contribution is 2.18. The van der Waals surface area contributed by atoms with Crippen molar-refractivity contribution in [2.45, 2.75) is 13.0 Å². The Labute approximate surface area is 121 Å². The van der Waals surface area contributed by atoms with Gasteiger partial charge in [0.1, 0.15) is 0 Å². The maximum atomic E-state index is 12.3. The number of methoxy groups -OCH3 is 1. The van der Waals surface area contributed by atoms with Gasteiger partial charge < -0.3 is 15.2 Å². The van der Waals surface area contributed by atoms with E-state index in [1.54, 1.807) is 13.0 Å². The number of amides is 1. The molecule has 0 bridgehead atoms. The average Bonchev–Trinajstić information content (AvgIpc) is 2.46. The number of nitrogens with one attached hydrogen (secondary N) is 1. The van der Waals surface area contributed by atoms with E-state index in [1.165, 1.54) is 7.11 Å². The van der Waals surface area contributed by atoms with E-state index in [1.807, 2.05) is 24.3 Å². The predicted molar refractivity (Wildman–Crippen MR) is 77.2 cm³/mol. The number of aliphatic carboxylic acids is 1. The van der Waals surface area contributed by atoms with E-state index in [9.17, 15) is 9.59 Å². The fraction of sp³-hybridized carbons (Fsp3) is 0.267. The van der Waals surface area contributed by atoms with Crippen molar-refractivity contribution >= 4 is 22.8 Å². The van der Waals surface area contributed by atoms with Crippen molar-refractivity contribution in [1.82, 2.24) is 10.3 Å². The van der Waals surface area contributed by atoms with Crippen molar-refractivity contribution < 1.29 is 19.4 Å². The minimum absolute atomic E-state index is 0.0969. The van der Waals surface area contributed by atoms with Crippen LogP contribution in [0.2, 0.25) is 0 Å². The number of carboxylic acids is 1. The van der Waals surface area contributed by atoms with Crippen LogP contribution in [-0.2, 0) is 9.53 Å². The van der Waals surface area contributed by atoms with Crippen LogP contribution >= 0.6 is 0 Å². The van der Waals surface area contributed by atoms with E-state index in [2.05, 4.69) is 10.3 Å². The van der Waals surface area contributed by atoms with Crippen LogP contribution in [0, 0.1) is 6.92 Å². The minimum Gasteiger partial charge on any atom is -0.479 e. The molecule has 6 nitrogen and oxygen atoms in total. The van der Waals surface area contributed by atoms with E-state index in [0.717, 1.165) is 16.6 Å². The maximum absolute atomic E-state index is 12.3. The third-order valence-electron chi connectivity index (χ3n) is 3.10. The number of hydrogen-bond donors (Lipinski definition) is 2. The number of benzene rings is 1. The molecule has 0 fully saturated rings. The van der Waals surface area contributed by atoms with Gasteiger partial charge in [-0.15, -0.1) is 0 Å². The molecule has 1 aromatic heterocycles. The number of carbonyl (C=O) groups is 2. The van der Waals surface area contributed by atoms with Gasteiger partial charge in [0.05, 0.1) is 17.6 Å². The number of para-hydroxylation sites is 1. The van der Waals surface area contributed by atoms with Gasteiger partial charge in [0.2, 0.25) is 0 Å². The lowest BCUT2D eigenvalue weighted by atomic mass is 10.1. The summed E-state index contributed by atoms with van der Waals surface area (Å²) in [5, 5.41) is 12.2. The summed E-state index contributed by atoms with van der Waals surface area (Å²) in [5.41, 5.74) is 1.92. The van der Waals surface area contributed by atoms with Crippen LogP contribution in [0.3, 0.4) is 0 Å². The average molecular weight is 288 g/mol. The maximum Gasteiger partial charge on any atom is 0.334 e. The van der Waals surface area contributed by atoms with Gasteiger partial charge in [-0.25, -0.2) is 4.79 Å². The molecule has 0 aliphatic carbocycles. The number of pyridine rings is 1. The standard InChI is InChI=1S/C15H16N2O4/c1-9-7-11(10-5-3-4-6-12(10)17-9)14(18)16-8-13(21-2)15(19)20/h3-7,13H,8H2,1-2H3,(H,16,18)(H,19,20). The minimum atomic E-state index is -1.12. The third-order valence-corrected chi connectivity index (χ3v) is 3.10. The fourth-order valence-corrected chi connectivity index (χ4v) is 2.05. The highest BCUT2D eigenvalue weighted by molar-refractivity contribution is 6.06. The van der Waals surface area contributed by atoms with Crippen LogP contribution in [0.4, 0.5) is 0 Å². The molecule has 6 heteroatoms. The van der Waals surface area contributed by atoms with Crippen molar-refractivity contribution in [2.24, 2.45) is 0 Å². The molecular formula is C15H16N2O4. The molecule has 1 atom stereocenters. The summed E-state index contributed by atoms with van der Waals surface area (Å²) in [4.78, 5) is 27.5. The second kappa shape index (κ2) is 6.32. The Kier molecular flexibility index (Phi) is 4.49. The van der Waals surface area contributed by atoms with Gasteiger partial charge in [-0.2, -0.15) is 0 Å². The Morgan fingerprint density at radius 1 is 1.38 bits per heavy atom. The number of aryl methyl sites for hydroxylation is 1. The van der Waals surface area contributed by atoms with Crippen molar-refractivity contribution in [3.8, 4) is 0 Å². The van der Waals surface area contributed by atoms with Crippen LogP contribution in [-0.4, -0.2) is 41.7 Å². The van der Waals surface area contributed by atoms with Crippen molar-refractivity contribution in [3.63, 3.8) is 0 Å². The van der Waals surface area contributed by atoms with Crippen LogP contribution in [0.15, 0.2) is 30.3 Å². The lowest BCUT2D eigenvalue weighted by Gasteiger charge is -2.13. The van der Waals surface area contributed by atoms with Gasteiger partial charge >= 0.3 is 5.97 Å². The van der Waals surface area contributed by atoms with Gasteiger partial charge in [0.25, 0.3) is 5.91 Å². The first-order chi connectivity index (χ1) is 10.0. The SMILES string of the molecule is COC(CNC(=O)c1cc(C)nc2ccccc12)C(=O)O. The van der Waals surface area contributed by atoms with E-state index in [-0.39, 0.29) is 12.5 Å². The summed E-state index contributed by atoms with van der Waals surface area (Å²) in [7, 11) is 1.29. The van der Waals surface area contributed by atoms with E-state index in [4.69, 9.17) is 9.84 Å². The first-order valence-electron chi connectivity index (χ1n) is 6.43. The number of carboxylic acid groups (broad SMARTS) is 1. The lowest BCUT2D eigenvalue weighted by molar-refractivity contribution is -0.148. The summed E-state index contributed by atoms with van der Waals surface area (Å²) in [6, 6.07) is 8.99. The first kappa shape index (κ1) is 14.9. The predicted octanol–water partition coefficient (Wildman–Crippen LogP) is 1.37. The molecule has 0 radical (unpaired) electrons. The summed E-state index contributed by atoms with van der Waals surface area (Å²) < 4.78 is 4.78. The lowest BCUT2D eigenvalue weighted by Crippen LogP contribution is -2.37. The number of hydrogen-bond acceptors (Lipinski definition) is 4. The molecule has 1 amide bonds. The molecule has 1 heterocycles. The van der Waals surface area contributed by atoms with E-state index in [0.29, 0.717) is 5.56 Å². The second-order valence-corrected chi connectivity index (χ2v) is 4.60. The first-order valence-corrected chi connectivity index (χ1v) is 6.43. The molecule has 2 N–H and O–H groups in total. The number of ether oxygens (including phenoxy) is 1. The van der Waals surface area contributed by atoms with Gasteiger partial charge in [0.15, 0.2) is 6.10 Å². The molecular weight excluding hydrogens is 272 g/mol. The molecule has 2 rings (SSSR count). The van der Waals surface area contributed by atoms with E-state index >= 15 is 0 Å². The van der Waals surface area contributed by atoms with Crippen molar-refractivity contribution in [3.05, 3.63) is 41.6 Å². The summed E-state index contributed by atoms with van der Waals surface area (Å²) in [6.45, 7) is 1.71. The zero-order valence-electron chi connectivity index (χ0n) is 11.8. The summed E-state index contributed by atoms with van der Waals surface area (Å²) in [6.07, 6.45) is -1.07. The van der Waals surface area contributed by atoms with Crippen LogP contribution < -0.4 is 5.32 Å². The Morgan fingerprint density at radius 2 is 2.10 bits per heavy atom. The molecule has 0 spiro atoms. The van der Waals surface area contributed by atoms with Gasteiger partial charge in [-0.3, -0.25) is 9.78 Å². The second-order valence-electron chi connectivity index (χ2n) is 4.60. The Hall–Kier alpha value is -2.47. The molecule has 0 aliphatic heterocycles. The molecule has 0 saturated heterocycles. The zero-order valence-corrected chi connectivity index (χ0v) is 11.8. The molecule has 1 unspecified atom stereocenters. The number of nitrogens with zero attached hydrogens (tertiary/aromatic N) is 1. The molecule has 2 aromatic rings. The Bertz CT molecular complexity index is 684. The van der Waals surface area contributed by atoms with Crippen LogP contribution in [0.1, 0.15) is 16.1 Å². The van der Waals surface area contributed by atoms with Gasteiger partial charge in [-0.05, 0) is 19.1 Å². The monoisotopic (exact) mass is 288 g/mol. The molecule has 21 heavy (non-hydrogen) atoms. The summed E-state index contributed by atoms with van der Waals surface area (Å²) >= 11 is 0. The van der Waals surface area contributed by atoms with Gasteiger partial charge in [-0.1, -0.05) is 18.2 Å². The Morgan fingerprint density at radius 3 is 2.76 bits per heavy atom. The number of aromatic nitrogens is 1. The summed E-state index contributed by atoms with van der Waals surface area (Å²) in [5.74, 6) is -1.46. The van der Waals surface area contributed by atoms with E-state index < -0.39 is 12.1 Å². The number of rotatable bonds is 5. The van der Waals surface area contributed by atoms with Crippen molar-refractivity contribution in [1.29, 1.82) is 0 Å². The smallest absolute Gasteiger partial charge is 0.334 e. The van der Waals surface area contributed by atoms with Crippen molar-refractivity contribution in [2.75, 3.05) is 13.7 Å². The number of carbonyl (C=O) groups excluding carboxylic acids is 1. The molecule has 110 valence electrons. The third kappa shape index (κ3) is 3.35. The molecule has 0 aliphatic rings. The fourth-order valence-electron chi connectivity index (χ4n) is 2.05. The van der Waals surface area contributed by atoms with Crippen LogP contribution in [0.25, 0.3) is 10.9 Å². The van der Waals surface area contributed by atoms with Crippen LogP contribution in [0.5, 0.6) is 0 Å². The number of fused-ring (bicyclic) bond motifs is 1. The molecule has 0 saturated carbocycles. The normalized spacial score (nSPS) is 12.1. The molecule has 1 aromatic carbocycles.